The van der Waals surface area contributed by atoms with Crippen LogP contribution in [-0.2, 0) is 0 Å². The van der Waals surface area contributed by atoms with Gasteiger partial charge in [0.1, 0.15) is 17.4 Å². The van der Waals surface area contributed by atoms with E-state index in [1.807, 2.05) is 24.3 Å². The predicted octanol–water partition coefficient (Wildman–Crippen LogP) is 0.234. The summed E-state index contributed by atoms with van der Waals surface area (Å²) in [4.78, 5) is 4.31. The first-order valence-corrected chi connectivity index (χ1v) is 6.08. The van der Waals surface area contributed by atoms with Crippen LogP contribution in [0.2, 0.25) is 0 Å². The molecule has 4 N–H and O–H groups in total. The Balaban J connectivity index is 2.50. The number of hydrogen-bond acceptors (Lipinski definition) is 6. The molecule has 0 spiro atoms. The van der Waals surface area contributed by atoms with E-state index < -0.39 is 25.4 Å². The van der Waals surface area contributed by atoms with Crippen molar-refractivity contribution in [2.75, 3.05) is 25.1 Å². The first-order valence-electron chi connectivity index (χ1n) is 6.08. The van der Waals surface area contributed by atoms with Gasteiger partial charge in [-0.25, -0.2) is 4.98 Å². The molecule has 0 unspecified atom stereocenters. The molecule has 1 aromatic carbocycles. The fourth-order valence-corrected chi connectivity index (χ4v) is 1.82. The van der Waals surface area contributed by atoms with Crippen molar-refractivity contribution in [2.24, 2.45) is 0 Å². The number of benzene rings is 1. The minimum Gasteiger partial charge on any atom is -0.394 e. The number of hydrogen-bond donors (Lipinski definition) is 4. The number of aromatic nitrogens is 1. The first-order chi connectivity index (χ1) is 9.68. The average molecular weight is 273 g/mol. The molecule has 0 saturated heterocycles. The lowest BCUT2D eigenvalue weighted by Crippen LogP contribution is -2.49. The number of anilines is 1. The van der Waals surface area contributed by atoms with E-state index in [0.717, 1.165) is 5.39 Å². The number of rotatable bonds is 5. The number of aliphatic hydroxyl groups is 3. The van der Waals surface area contributed by atoms with E-state index in [0.29, 0.717) is 5.52 Å². The van der Waals surface area contributed by atoms with Gasteiger partial charge in [0.05, 0.1) is 30.9 Å². The van der Waals surface area contributed by atoms with Gasteiger partial charge in [-0.05, 0) is 12.1 Å². The fourth-order valence-electron chi connectivity index (χ4n) is 1.82. The van der Waals surface area contributed by atoms with Gasteiger partial charge in [0.15, 0.2) is 0 Å². The van der Waals surface area contributed by atoms with Crippen molar-refractivity contribution >= 4 is 16.7 Å². The summed E-state index contributed by atoms with van der Waals surface area (Å²) < 4.78 is 0. The number of nitrogens with zero attached hydrogens (tertiary/aromatic N) is 2. The second kappa shape index (κ2) is 5.84. The molecule has 0 aliphatic carbocycles. The second-order valence-corrected chi connectivity index (χ2v) is 4.57. The highest BCUT2D eigenvalue weighted by atomic mass is 16.3. The van der Waals surface area contributed by atoms with E-state index in [9.17, 15) is 20.6 Å². The summed E-state index contributed by atoms with van der Waals surface area (Å²) in [5.41, 5.74) is -0.360. The molecular weight excluding hydrogens is 258 g/mol. The number of nitrogens with one attached hydrogen (secondary N) is 1. The minimum atomic E-state index is -1.32. The zero-order valence-corrected chi connectivity index (χ0v) is 10.7. The normalized spacial score (nSPS) is 11.3. The van der Waals surface area contributed by atoms with Crippen LogP contribution in [0.5, 0.6) is 0 Å². The number of pyridine rings is 1. The van der Waals surface area contributed by atoms with Crippen molar-refractivity contribution in [2.45, 2.75) is 5.54 Å². The van der Waals surface area contributed by atoms with Gasteiger partial charge in [0, 0.05) is 5.39 Å². The van der Waals surface area contributed by atoms with Crippen molar-refractivity contribution in [3.8, 4) is 6.07 Å². The van der Waals surface area contributed by atoms with Crippen molar-refractivity contribution in [1.82, 2.24) is 4.98 Å². The van der Waals surface area contributed by atoms with Crippen molar-refractivity contribution in [3.05, 3.63) is 35.9 Å². The van der Waals surface area contributed by atoms with Crippen molar-refractivity contribution < 1.29 is 15.3 Å². The molecule has 2 rings (SSSR count). The third kappa shape index (κ3) is 2.56. The molecule has 104 valence electrons. The Hall–Kier alpha value is -2.20. The van der Waals surface area contributed by atoms with Crippen LogP contribution in [0.4, 0.5) is 5.82 Å². The molecule has 0 radical (unpaired) electrons. The first kappa shape index (κ1) is 14.2. The summed E-state index contributed by atoms with van der Waals surface area (Å²) in [7, 11) is 0. The SMILES string of the molecule is N#Cc1cc2ccccc2nc1NC(CO)(CO)CO. The van der Waals surface area contributed by atoms with E-state index in [4.69, 9.17) is 0 Å². The minimum absolute atomic E-state index is 0.225. The summed E-state index contributed by atoms with van der Waals surface area (Å²) in [6.07, 6.45) is 0. The molecule has 0 atom stereocenters. The third-order valence-electron chi connectivity index (χ3n) is 3.14. The molecule has 6 nitrogen and oxygen atoms in total. The predicted molar refractivity (Wildman–Crippen MR) is 74.1 cm³/mol. The molecule has 0 amide bonds. The average Bonchev–Trinajstić information content (AvgIpc) is 2.52. The van der Waals surface area contributed by atoms with E-state index in [-0.39, 0.29) is 11.4 Å². The zero-order valence-electron chi connectivity index (χ0n) is 10.7. The molecule has 1 heterocycles. The van der Waals surface area contributed by atoms with Crippen molar-refractivity contribution in [3.63, 3.8) is 0 Å². The number of aliphatic hydroxyl groups excluding tert-OH is 3. The van der Waals surface area contributed by atoms with Crippen LogP contribution in [0.1, 0.15) is 5.56 Å². The lowest BCUT2D eigenvalue weighted by atomic mass is 10.0. The largest absolute Gasteiger partial charge is 0.394 e. The summed E-state index contributed by atoms with van der Waals surface area (Å²) in [5.74, 6) is 0.225. The Morgan fingerprint density at radius 2 is 1.80 bits per heavy atom. The number of para-hydroxylation sites is 1. The third-order valence-corrected chi connectivity index (χ3v) is 3.14. The fraction of sp³-hybridized carbons (Fsp3) is 0.286. The molecule has 0 aliphatic rings. The van der Waals surface area contributed by atoms with Crippen LogP contribution in [0.25, 0.3) is 10.9 Å². The molecule has 0 bridgehead atoms. The molecule has 0 fully saturated rings. The molecule has 1 aromatic heterocycles. The van der Waals surface area contributed by atoms with Crippen LogP contribution < -0.4 is 5.32 Å². The lowest BCUT2D eigenvalue weighted by Gasteiger charge is -2.29. The van der Waals surface area contributed by atoms with Gasteiger partial charge in [-0.15, -0.1) is 0 Å². The van der Waals surface area contributed by atoms with Crippen LogP contribution >= 0.6 is 0 Å². The van der Waals surface area contributed by atoms with Crippen LogP contribution in [0.15, 0.2) is 30.3 Å². The molecular formula is C14H15N3O3. The molecule has 2 aromatic rings. The Morgan fingerprint density at radius 3 is 2.40 bits per heavy atom. The Labute approximate surface area is 115 Å². The van der Waals surface area contributed by atoms with E-state index in [1.165, 1.54) is 0 Å². The smallest absolute Gasteiger partial charge is 0.145 e. The van der Waals surface area contributed by atoms with Crippen LogP contribution in [0.3, 0.4) is 0 Å². The van der Waals surface area contributed by atoms with Gasteiger partial charge in [0.2, 0.25) is 0 Å². The lowest BCUT2D eigenvalue weighted by molar-refractivity contribution is 0.0831. The van der Waals surface area contributed by atoms with Crippen LogP contribution in [-0.4, -0.2) is 45.7 Å². The number of fused-ring (bicyclic) bond motifs is 1. The Bertz CT molecular complexity index is 639. The molecule has 20 heavy (non-hydrogen) atoms. The maximum atomic E-state index is 9.32. The van der Waals surface area contributed by atoms with Gasteiger partial charge >= 0.3 is 0 Å². The van der Waals surface area contributed by atoms with Crippen LogP contribution in [0, 0.1) is 11.3 Å². The monoisotopic (exact) mass is 273 g/mol. The summed E-state index contributed by atoms with van der Waals surface area (Å²) in [6, 6.07) is 11.0. The zero-order chi connectivity index (χ0) is 14.6. The summed E-state index contributed by atoms with van der Waals surface area (Å²) in [6.45, 7) is -1.46. The topological polar surface area (TPSA) is 109 Å². The summed E-state index contributed by atoms with van der Waals surface area (Å²) in [5, 5.41) is 40.7. The van der Waals surface area contributed by atoms with Gasteiger partial charge in [-0.1, -0.05) is 18.2 Å². The Kier molecular flexibility index (Phi) is 4.15. The van der Waals surface area contributed by atoms with E-state index >= 15 is 0 Å². The standard InChI is InChI=1S/C14H15N3O3/c15-6-11-5-10-3-1-2-4-12(10)16-13(11)17-14(7-18,8-19)9-20/h1-5,18-20H,7-9H2,(H,16,17). The van der Waals surface area contributed by atoms with Gasteiger partial charge < -0.3 is 20.6 Å². The molecule has 0 saturated carbocycles. The highest BCUT2D eigenvalue weighted by Gasteiger charge is 2.29. The Morgan fingerprint density at radius 1 is 1.15 bits per heavy atom. The van der Waals surface area contributed by atoms with Gasteiger partial charge in [0.25, 0.3) is 0 Å². The maximum Gasteiger partial charge on any atom is 0.145 e. The quantitative estimate of drug-likeness (QED) is 0.621. The number of nitriles is 1. The van der Waals surface area contributed by atoms with Crippen molar-refractivity contribution in [1.29, 1.82) is 5.26 Å². The molecule has 6 heteroatoms. The van der Waals surface area contributed by atoms with Gasteiger partial charge in [-0.2, -0.15) is 5.26 Å². The van der Waals surface area contributed by atoms with Gasteiger partial charge in [-0.3, -0.25) is 0 Å². The summed E-state index contributed by atoms with van der Waals surface area (Å²) >= 11 is 0. The maximum absolute atomic E-state index is 9.32. The van der Waals surface area contributed by atoms with E-state index in [1.54, 1.807) is 12.1 Å². The highest BCUT2D eigenvalue weighted by Crippen LogP contribution is 2.22. The molecule has 0 aliphatic heterocycles. The highest BCUT2D eigenvalue weighted by molar-refractivity contribution is 5.82. The second-order valence-electron chi connectivity index (χ2n) is 4.57. The van der Waals surface area contributed by atoms with E-state index in [2.05, 4.69) is 10.3 Å².